The van der Waals surface area contributed by atoms with E-state index in [-0.39, 0.29) is 0 Å². The summed E-state index contributed by atoms with van der Waals surface area (Å²) in [5, 5.41) is 0. The van der Waals surface area contributed by atoms with Gasteiger partial charge in [-0.3, -0.25) is 4.90 Å². The van der Waals surface area contributed by atoms with Crippen LogP contribution in [-0.2, 0) is 6.42 Å². The van der Waals surface area contributed by atoms with E-state index in [4.69, 9.17) is 0 Å². The number of hydrogen-bond acceptors (Lipinski definition) is 3. The highest BCUT2D eigenvalue weighted by molar-refractivity contribution is 7.98. The van der Waals surface area contributed by atoms with Crippen LogP contribution in [0.2, 0.25) is 0 Å². The van der Waals surface area contributed by atoms with Gasteiger partial charge in [-0.1, -0.05) is 42.5 Å². The van der Waals surface area contributed by atoms with Gasteiger partial charge in [0, 0.05) is 37.1 Å². The third kappa shape index (κ3) is 4.62. The Morgan fingerprint density at radius 1 is 0.917 bits per heavy atom. The van der Waals surface area contributed by atoms with Crippen molar-refractivity contribution in [3.8, 4) is 0 Å². The van der Waals surface area contributed by atoms with E-state index in [1.807, 2.05) is 11.8 Å². The fraction of sp³-hybridized carbons (Fsp3) is 0.429. The monoisotopic (exact) mass is 340 g/mol. The van der Waals surface area contributed by atoms with Crippen LogP contribution in [0, 0.1) is 0 Å². The van der Waals surface area contributed by atoms with Gasteiger partial charge in [0.1, 0.15) is 0 Å². The first-order chi connectivity index (χ1) is 11.8. The first-order valence-corrected chi connectivity index (χ1v) is 10.1. The van der Waals surface area contributed by atoms with Crippen LogP contribution in [0.15, 0.2) is 59.5 Å². The Bertz CT molecular complexity index is 603. The SMILES string of the molecule is CSc1ccc(C(CCc2ccccc2)N2CCN(C)CC2)cc1. The molecule has 1 atom stereocenters. The van der Waals surface area contributed by atoms with Crippen LogP contribution in [0.5, 0.6) is 0 Å². The molecule has 1 saturated heterocycles. The van der Waals surface area contributed by atoms with E-state index in [0.29, 0.717) is 6.04 Å². The molecule has 0 bridgehead atoms. The second-order valence-corrected chi connectivity index (χ2v) is 7.53. The van der Waals surface area contributed by atoms with E-state index in [2.05, 4.69) is 77.7 Å². The van der Waals surface area contributed by atoms with Gasteiger partial charge in [-0.05, 0) is 49.4 Å². The maximum Gasteiger partial charge on any atom is 0.0352 e. The molecule has 24 heavy (non-hydrogen) atoms. The molecule has 2 nitrogen and oxygen atoms in total. The molecular formula is C21H28N2S. The summed E-state index contributed by atoms with van der Waals surface area (Å²) in [4.78, 5) is 6.46. The molecule has 1 fully saturated rings. The highest BCUT2D eigenvalue weighted by Gasteiger charge is 2.23. The Morgan fingerprint density at radius 3 is 2.21 bits per heavy atom. The Hall–Kier alpha value is -1.29. The summed E-state index contributed by atoms with van der Waals surface area (Å²) in [5.41, 5.74) is 2.91. The van der Waals surface area contributed by atoms with Gasteiger partial charge < -0.3 is 4.90 Å². The number of thioether (sulfide) groups is 1. The van der Waals surface area contributed by atoms with Crippen LogP contribution in [0.4, 0.5) is 0 Å². The molecule has 1 heterocycles. The van der Waals surface area contributed by atoms with Gasteiger partial charge in [-0.25, -0.2) is 0 Å². The molecule has 2 aromatic rings. The van der Waals surface area contributed by atoms with Gasteiger partial charge in [0.05, 0.1) is 0 Å². The molecule has 0 radical (unpaired) electrons. The zero-order chi connectivity index (χ0) is 16.8. The smallest absolute Gasteiger partial charge is 0.0352 e. The second-order valence-electron chi connectivity index (χ2n) is 6.65. The van der Waals surface area contributed by atoms with Crippen molar-refractivity contribution in [2.75, 3.05) is 39.5 Å². The van der Waals surface area contributed by atoms with Crippen molar-refractivity contribution in [1.82, 2.24) is 9.80 Å². The number of likely N-dealkylation sites (N-methyl/N-ethyl adjacent to an activating group) is 1. The molecule has 0 N–H and O–H groups in total. The van der Waals surface area contributed by atoms with Crippen molar-refractivity contribution in [2.24, 2.45) is 0 Å². The van der Waals surface area contributed by atoms with Crippen LogP contribution in [0.1, 0.15) is 23.6 Å². The highest BCUT2D eigenvalue weighted by atomic mass is 32.2. The van der Waals surface area contributed by atoms with Gasteiger partial charge in [-0.15, -0.1) is 11.8 Å². The minimum atomic E-state index is 0.523. The normalized spacial score (nSPS) is 17.8. The molecular weight excluding hydrogens is 312 g/mol. The van der Waals surface area contributed by atoms with E-state index in [9.17, 15) is 0 Å². The maximum atomic E-state index is 2.68. The number of aryl methyl sites for hydroxylation is 1. The van der Waals surface area contributed by atoms with Crippen LogP contribution in [0.25, 0.3) is 0 Å². The lowest BCUT2D eigenvalue weighted by Gasteiger charge is -2.38. The van der Waals surface area contributed by atoms with Crippen molar-refractivity contribution in [3.63, 3.8) is 0 Å². The highest BCUT2D eigenvalue weighted by Crippen LogP contribution is 2.28. The Kier molecular flexibility index (Phi) is 6.36. The first kappa shape index (κ1) is 17.5. The lowest BCUT2D eigenvalue weighted by atomic mass is 9.97. The van der Waals surface area contributed by atoms with Crippen molar-refractivity contribution in [3.05, 3.63) is 65.7 Å². The van der Waals surface area contributed by atoms with Gasteiger partial charge in [0.2, 0.25) is 0 Å². The van der Waals surface area contributed by atoms with Gasteiger partial charge in [0.15, 0.2) is 0 Å². The molecule has 1 aliphatic rings. The first-order valence-electron chi connectivity index (χ1n) is 8.87. The van der Waals surface area contributed by atoms with Gasteiger partial charge in [0.25, 0.3) is 0 Å². The molecule has 0 spiro atoms. The van der Waals surface area contributed by atoms with Crippen LogP contribution in [0.3, 0.4) is 0 Å². The molecule has 1 aliphatic heterocycles. The summed E-state index contributed by atoms with van der Waals surface area (Å²) in [6.07, 6.45) is 4.47. The van der Waals surface area contributed by atoms with Crippen molar-refractivity contribution in [1.29, 1.82) is 0 Å². The second kappa shape index (κ2) is 8.70. The van der Waals surface area contributed by atoms with E-state index >= 15 is 0 Å². The minimum Gasteiger partial charge on any atom is -0.304 e. The molecule has 128 valence electrons. The average molecular weight is 341 g/mol. The summed E-state index contributed by atoms with van der Waals surface area (Å²) in [6, 6.07) is 20.6. The largest absolute Gasteiger partial charge is 0.304 e. The zero-order valence-corrected chi connectivity index (χ0v) is 15.6. The molecule has 0 saturated carbocycles. The fourth-order valence-corrected chi connectivity index (χ4v) is 3.88. The van der Waals surface area contributed by atoms with E-state index in [0.717, 1.165) is 6.42 Å². The predicted molar refractivity (Wildman–Crippen MR) is 105 cm³/mol. The van der Waals surface area contributed by atoms with Crippen LogP contribution < -0.4 is 0 Å². The number of nitrogens with zero attached hydrogens (tertiary/aromatic N) is 2. The summed E-state index contributed by atoms with van der Waals surface area (Å²) in [6.45, 7) is 4.68. The van der Waals surface area contributed by atoms with Crippen LogP contribution >= 0.6 is 11.8 Å². The predicted octanol–water partition coefficient (Wildman–Crippen LogP) is 4.33. The van der Waals surface area contributed by atoms with Crippen LogP contribution in [-0.4, -0.2) is 49.3 Å². The standard InChI is InChI=1S/C21H28N2S/c1-22-14-16-23(17-15-22)21(13-8-18-6-4-3-5-7-18)19-9-11-20(24-2)12-10-19/h3-7,9-12,21H,8,13-17H2,1-2H3. The third-order valence-electron chi connectivity index (χ3n) is 5.03. The Labute approximate surface area is 150 Å². The minimum absolute atomic E-state index is 0.523. The molecule has 2 aromatic carbocycles. The lowest BCUT2D eigenvalue weighted by Crippen LogP contribution is -2.46. The zero-order valence-electron chi connectivity index (χ0n) is 14.8. The summed E-state index contributed by atoms with van der Waals surface area (Å²) < 4.78 is 0. The number of piperazine rings is 1. The Balaban J connectivity index is 1.74. The summed E-state index contributed by atoms with van der Waals surface area (Å²) >= 11 is 1.82. The quantitative estimate of drug-likeness (QED) is 0.723. The average Bonchev–Trinajstić information content (AvgIpc) is 2.65. The van der Waals surface area contributed by atoms with E-state index in [1.165, 1.54) is 48.6 Å². The van der Waals surface area contributed by atoms with Crippen molar-refractivity contribution >= 4 is 11.8 Å². The van der Waals surface area contributed by atoms with Crippen molar-refractivity contribution < 1.29 is 0 Å². The lowest BCUT2D eigenvalue weighted by molar-refractivity contribution is 0.107. The molecule has 0 amide bonds. The maximum absolute atomic E-state index is 2.68. The number of hydrogen-bond donors (Lipinski definition) is 0. The van der Waals surface area contributed by atoms with Gasteiger partial charge in [-0.2, -0.15) is 0 Å². The summed E-state index contributed by atoms with van der Waals surface area (Å²) in [5.74, 6) is 0. The molecule has 1 unspecified atom stereocenters. The van der Waals surface area contributed by atoms with Gasteiger partial charge >= 0.3 is 0 Å². The summed E-state index contributed by atoms with van der Waals surface area (Å²) in [7, 11) is 2.23. The third-order valence-corrected chi connectivity index (χ3v) is 5.77. The fourth-order valence-electron chi connectivity index (χ4n) is 3.47. The number of rotatable bonds is 6. The topological polar surface area (TPSA) is 6.48 Å². The van der Waals surface area contributed by atoms with E-state index in [1.54, 1.807) is 0 Å². The molecule has 0 aromatic heterocycles. The molecule has 3 heteroatoms. The van der Waals surface area contributed by atoms with E-state index < -0.39 is 0 Å². The molecule has 3 rings (SSSR count). The van der Waals surface area contributed by atoms with Crippen molar-refractivity contribution in [2.45, 2.75) is 23.8 Å². The Morgan fingerprint density at radius 2 is 1.58 bits per heavy atom. The number of benzene rings is 2. The molecule has 0 aliphatic carbocycles.